The van der Waals surface area contributed by atoms with Gasteiger partial charge in [-0.1, -0.05) is 65.7 Å². The Bertz CT molecular complexity index is 2100. The highest BCUT2D eigenvalue weighted by Gasteiger charge is 2.46. The van der Waals surface area contributed by atoms with Crippen LogP contribution in [-0.2, 0) is 9.47 Å². The summed E-state index contributed by atoms with van der Waals surface area (Å²) in [4.78, 5) is 24.2. The Labute approximate surface area is 319 Å². The molecular formula is C43H54F2N4O4Si. The molecule has 1 amide bonds. The molecule has 0 spiro atoms. The average molecular weight is 757 g/mol. The summed E-state index contributed by atoms with van der Waals surface area (Å²) in [7, 11) is -0.727. The summed E-state index contributed by atoms with van der Waals surface area (Å²) in [5, 5.41) is 1.72. The maximum atomic E-state index is 17.2. The van der Waals surface area contributed by atoms with Crippen LogP contribution >= 0.6 is 0 Å². The van der Waals surface area contributed by atoms with Crippen LogP contribution in [0.1, 0.15) is 105 Å². The van der Waals surface area contributed by atoms with Gasteiger partial charge in [0.2, 0.25) is 5.95 Å². The van der Waals surface area contributed by atoms with Crippen LogP contribution in [0.25, 0.3) is 32.8 Å². The second kappa shape index (κ2) is 15.1. The lowest BCUT2D eigenvalue weighted by Gasteiger charge is -2.39. The Balaban J connectivity index is 1.50. The smallest absolute Gasteiger partial charge is 0.410 e. The van der Waals surface area contributed by atoms with Gasteiger partial charge in [-0.3, -0.25) is 0 Å². The van der Waals surface area contributed by atoms with E-state index in [1.54, 1.807) is 24.3 Å². The Hall–Kier alpha value is -4.27. The van der Waals surface area contributed by atoms with Gasteiger partial charge >= 0.3 is 6.09 Å². The summed E-state index contributed by atoms with van der Waals surface area (Å²) < 4.78 is 50.1. The van der Waals surface area contributed by atoms with Crippen LogP contribution in [0.5, 0.6) is 5.75 Å². The van der Waals surface area contributed by atoms with Crippen molar-refractivity contribution in [3.63, 3.8) is 0 Å². The Morgan fingerprint density at radius 1 is 0.963 bits per heavy atom. The molecule has 0 aliphatic carbocycles. The molecule has 1 unspecified atom stereocenters. The third kappa shape index (κ3) is 7.27. The highest BCUT2D eigenvalue weighted by Crippen LogP contribution is 2.46. The molecular weight excluding hydrogens is 703 g/mol. The molecule has 3 aromatic carbocycles. The van der Waals surface area contributed by atoms with E-state index in [1.165, 1.54) is 13.2 Å². The standard InChI is InChI=1S/C43H54F2N4O4Si/c1-24(2)54(25(3)4,26(5)6)18-17-33-36(44)16-11-27-21-31(52-23-51-10)22-35(37(27)33)32-14-15-34-39(47-41(46)48-40(34)38(32)45)28-19-29-12-13-30(20-28)49(29)42(50)53-43(7,8)9/h11,14-16,21-22,24-26,28-30H,12-13,19-20,23H2,1-10H3,(H2,46,47,48)/t28?,29-,30+. The second-order valence-electron chi connectivity index (χ2n) is 16.9. The molecule has 2 aliphatic rings. The van der Waals surface area contributed by atoms with Crippen LogP contribution in [0.2, 0.25) is 16.6 Å². The fraction of sp³-hybridized carbons (Fsp3) is 0.512. The molecule has 0 radical (unpaired) electrons. The van der Waals surface area contributed by atoms with E-state index in [9.17, 15) is 4.79 Å². The van der Waals surface area contributed by atoms with Crippen molar-refractivity contribution in [2.45, 2.75) is 128 Å². The number of hydrogen-bond acceptors (Lipinski definition) is 7. The number of nitrogens with two attached hydrogens (primary N) is 1. The number of hydrogen-bond donors (Lipinski definition) is 1. The second-order valence-corrected chi connectivity index (χ2v) is 22.5. The van der Waals surface area contributed by atoms with Crippen LogP contribution in [-0.4, -0.2) is 60.6 Å². The van der Waals surface area contributed by atoms with Crippen LogP contribution < -0.4 is 10.5 Å². The normalized spacial score (nSPS) is 18.9. The molecule has 3 heterocycles. The topological polar surface area (TPSA) is 99.8 Å². The number of aromatic nitrogens is 2. The van der Waals surface area contributed by atoms with Crippen LogP contribution in [0.4, 0.5) is 19.5 Å². The summed E-state index contributed by atoms with van der Waals surface area (Å²) in [6.07, 6.45) is 2.74. The minimum Gasteiger partial charge on any atom is -0.468 e. The Morgan fingerprint density at radius 3 is 2.20 bits per heavy atom. The van der Waals surface area contributed by atoms with E-state index in [2.05, 4.69) is 63.0 Å². The van der Waals surface area contributed by atoms with Gasteiger partial charge in [0.1, 0.15) is 30.8 Å². The van der Waals surface area contributed by atoms with E-state index < -0.39 is 25.3 Å². The number of nitrogens with zero attached hydrogens (tertiary/aromatic N) is 3. The van der Waals surface area contributed by atoms with Gasteiger partial charge in [0.25, 0.3) is 0 Å². The predicted molar refractivity (Wildman–Crippen MR) is 214 cm³/mol. The fourth-order valence-corrected chi connectivity index (χ4v) is 14.5. The molecule has 2 saturated heterocycles. The molecule has 2 fully saturated rings. The van der Waals surface area contributed by atoms with E-state index in [4.69, 9.17) is 19.9 Å². The maximum absolute atomic E-state index is 17.2. The molecule has 3 atom stereocenters. The minimum absolute atomic E-state index is 0.0153. The van der Waals surface area contributed by atoms with Gasteiger partial charge in [0, 0.05) is 41.4 Å². The first-order chi connectivity index (χ1) is 25.5. The van der Waals surface area contributed by atoms with Crippen molar-refractivity contribution in [1.82, 2.24) is 14.9 Å². The van der Waals surface area contributed by atoms with Gasteiger partial charge < -0.3 is 24.8 Å². The fourth-order valence-electron chi connectivity index (χ4n) is 9.30. The number of piperidine rings is 1. The summed E-state index contributed by atoms with van der Waals surface area (Å²) >= 11 is 0. The molecule has 6 rings (SSSR count). The first-order valence-corrected chi connectivity index (χ1v) is 21.4. The third-order valence-corrected chi connectivity index (χ3v) is 17.8. The van der Waals surface area contributed by atoms with E-state index in [0.717, 1.165) is 12.8 Å². The highest BCUT2D eigenvalue weighted by molar-refractivity contribution is 6.90. The minimum atomic E-state index is -2.25. The Morgan fingerprint density at radius 2 is 1.61 bits per heavy atom. The number of carbonyl (C=O) groups excluding carboxylic acids is 1. The number of nitrogen functional groups attached to an aromatic ring is 1. The zero-order valence-electron chi connectivity index (χ0n) is 33.3. The van der Waals surface area contributed by atoms with Gasteiger partial charge in [0.15, 0.2) is 12.6 Å². The number of anilines is 1. The first-order valence-electron chi connectivity index (χ1n) is 19.1. The molecule has 1 aromatic heterocycles. The van der Waals surface area contributed by atoms with Crippen molar-refractivity contribution in [3.05, 3.63) is 59.3 Å². The number of amides is 1. The van der Waals surface area contributed by atoms with Crippen molar-refractivity contribution in [3.8, 4) is 28.3 Å². The van der Waals surface area contributed by atoms with E-state index >= 15 is 8.78 Å². The molecule has 8 nitrogen and oxygen atoms in total. The molecule has 4 aromatic rings. The summed E-state index contributed by atoms with van der Waals surface area (Å²) in [5.41, 5.74) is 12.0. The zero-order valence-corrected chi connectivity index (χ0v) is 34.3. The number of rotatable bonds is 8. The quantitative estimate of drug-likeness (QED) is 0.109. The lowest BCUT2D eigenvalue weighted by Crippen LogP contribution is -2.48. The van der Waals surface area contributed by atoms with Crippen molar-refractivity contribution >= 4 is 41.8 Å². The number of carbonyl (C=O) groups is 1. The average Bonchev–Trinajstić information content (AvgIpc) is 3.36. The molecule has 2 N–H and O–H groups in total. The zero-order chi connectivity index (χ0) is 39.3. The van der Waals surface area contributed by atoms with Crippen molar-refractivity contribution in [1.29, 1.82) is 0 Å². The van der Waals surface area contributed by atoms with Gasteiger partial charge in [-0.25, -0.2) is 23.5 Å². The highest BCUT2D eigenvalue weighted by atomic mass is 28.3. The van der Waals surface area contributed by atoms with Crippen molar-refractivity contribution < 1.29 is 27.8 Å². The lowest BCUT2D eigenvalue weighted by atomic mass is 9.86. The SMILES string of the molecule is COCOc1cc(-c2ccc3c(C4C[C@H]5CC[C@@H](C4)N5C(=O)OC(C)(C)C)nc(N)nc3c2F)c2c(C#C[Si](C(C)C)(C(C)C)C(C)C)c(F)ccc2c1. The van der Waals surface area contributed by atoms with Crippen molar-refractivity contribution in [2.24, 2.45) is 0 Å². The van der Waals surface area contributed by atoms with Gasteiger partial charge in [-0.15, -0.1) is 5.54 Å². The number of halogens is 2. The van der Waals surface area contributed by atoms with Crippen LogP contribution in [0.3, 0.4) is 0 Å². The van der Waals surface area contributed by atoms with Crippen molar-refractivity contribution in [2.75, 3.05) is 19.6 Å². The van der Waals surface area contributed by atoms with Gasteiger partial charge in [0.05, 0.1) is 11.3 Å². The first kappa shape index (κ1) is 39.4. The summed E-state index contributed by atoms with van der Waals surface area (Å²) in [6, 6.07) is 10.1. The molecule has 11 heteroatoms. The Kier molecular flexibility index (Phi) is 11.0. The lowest BCUT2D eigenvalue weighted by molar-refractivity contribution is 0.00574. The molecule has 0 saturated carbocycles. The predicted octanol–water partition coefficient (Wildman–Crippen LogP) is 10.5. The van der Waals surface area contributed by atoms with Gasteiger partial charge in [-0.2, -0.15) is 0 Å². The number of benzene rings is 3. The van der Waals surface area contributed by atoms with Crippen LogP contribution in [0, 0.1) is 23.1 Å². The number of ether oxygens (including phenoxy) is 3. The monoisotopic (exact) mass is 756 g/mol. The van der Waals surface area contributed by atoms with E-state index in [1.807, 2.05) is 31.7 Å². The number of fused-ring (bicyclic) bond motifs is 4. The number of methoxy groups -OCH3 is 1. The van der Waals surface area contributed by atoms with Gasteiger partial charge in [-0.05, 0) is 92.2 Å². The largest absolute Gasteiger partial charge is 0.468 e. The molecule has 288 valence electrons. The van der Waals surface area contributed by atoms with Crippen LogP contribution in [0.15, 0.2) is 36.4 Å². The summed E-state index contributed by atoms with van der Waals surface area (Å²) in [6.45, 7) is 18.9. The molecule has 2 aliphatic heterocycles. The summed E-state index contributed by atoms with van der Waals surface area (Å²) in [5.74, 6) is 2.61. The third-order valence-electron chi connectivity index (χ3n) is 11.5. The van der Waals surface area contributed by atoms with E-state index in [0.29, 0.717) is 62.6 Å². The molecule has 54 heavy (non-hydrogen) atoms. The van der Waals surface area contributed by atoms with E-state index in [-0.39, 0.29) is 53.5 Å². The molecule has 2 bridgehead atoms. The maximum Gasteiger partial charge on any atom is 0.410 e.